The van der Waals surface area contributed by atoms with Gasteiger partial charge in [-0.1, -0.05) is 26.2 Å². The van der Waals surface area contributed by atoms with E-state index < -0.39 is 0 Å². The third-order valence-electron chi connectivity index (χ3n) is 4.01. The minimum Gasteiger partial charge on any atom is -0.380 e. The lowest BCUT2D eigenvalue weighted by molar-refractivity contribution is 0.00687. The molecular weight excluding hydrogens is 222 g/mol. The molecule has 0 aromatic heterocycles. The standard InChI is InChI=1S/C16H29NO/c1-4-6-8-13-15(17-5-2)16(18-3)14-11-9-7-10-12-14/h14-17H,5,7-13H2,1-3H3. The number of nitrogens with one attached hydrogen (secondary N) is 1. The molecule has 18 heavy (non-hydrogen) atoms. The van der Waals surface area contributed by atoms with Crippen molar-refractivity contribution in [2.75, 3.05) is 13.7 Å². The highest BCUT2D eigenvalue weighted by Gasteiger charge is 2.29. The van der Waals surface area contributed by atoms with Crippen LogP contribution >= 0.6 is 0 Å². The Balaban J connectivity index is 2.55. The van der Waals surface area contributed by atoms with Crippen molar-refractivity contribution in [1.82, 2.24) is 5.32 Å². The van der Waals surface area contributed by atoms with Gasteiger partial charge >= 0.3 is 0 Å². The summed E-state index contributed by atoms with van der Waals surface area (Å²) in [5.41, 5.74) is 0. The summed E-state index contributed by atoms with van der Waals surface area (Å²) >= 11 is 0. The first-order valence-corrected chi connectivity index (χ1v) is 7.49. The number of ether oxygens (including phenoxy) is 1. The van der Waals surface area contributed by atoms with Crippen molar-refractivity contribution in [3.05, 3.63) is 0 Å². The van der Waals surface area contributed by atoms with Crippen molar-refractivity contribution in [3.63, 3.8) is 0 Å². The molecule has 2 atom stereocenters. The van der Waals surface area contributed by atoms with E-state index in [0.29, 0.717) is 12.1 Å². The van der Waals surface area contributed by atoms with Gasteiger partial charge in [-0.2, -0.15) is 0 Å². The van der Waals surface area contributed by atoms with Crippen LogP contribution in [0.4, 0.5) is 0 Å². The highest BCUT2D eigenvalue weighted by Crippen LogP contribution is 2.30. The van der Waals surface area contributed by atoms with E-state index in [-0.39, 0.29) is 0 Å². The molecule has 1 aliphatic carbocycles. The fraction of sp³-hybridized carbons (Fsp3) is 0.875. The predicted octanol–water partition coefficient (Wildman–Crippen LogP) is 3.36. The smallest absolute Gasteiger partial charge is 0.0752 e. The van der Waals surface area contributed by atoms with Gasteiger partial charge in [0.05, 0.1) is 6.10 Å². The molecule has 0 aliphatic heterocycles. The van der Waals surface area contributed by atoms with Crippen molar-refractivity contribution in [1.29, 1.82) is 0 Å². The predicted molar refractivity (Wildman–Crippen MR) is 77.5 cm³/mol. The summed E-state index contributed by atoms with van der Waals surface area (Å²) in [6.07, 6.45) is 9.25. The molecule has 1 aliphatic rings. The second-order valence-corrected chi connectivity index (χ2v) is 5.23. The maximum absolute atomic E-state index is 5.82. The van der Waals surface area contributed by atoms with Gasteiger partial charge in [-0.05, 0) is 38.6 Å². The maximum atomic E-state index is 5.82. The van der Waals surface area contributed by atoms with Crippen LogP contribution in [0.5, 0.6) is 0 Å². The average Bonchev–Trinajstić information content (AvgIpc) is 2.41. The van der Waals surface area contributed by atoms with Crippen LogP contribution in [0.2, 0.25) is 0 Å². The van der Waals surface area contributed by atoms with Crippen molar-refractivity contribution in [3.8, 4) is 11.8 Å². The van der Waals surface area contributed by atoms with Crippen LogP contribution in [0.15, 0.2) is 0 Å². The van der Waals surface area contributed by atoms with Crippen molar-refractivity contribution in [2.45, 2.75) is 70.9 Å². The molecule has 0 amide bonds. The lowest BCUT2D eigenvalue weighted by Crippen LogP contribution is -2.45. The summed E-state index contributed by atoms with van der Waals surface area (Å²) in [6.45, 7) is 5.10. The molecule has 1 N–H and O–H groups in total. The average molecular weight is 251 g/mol. The zero-order chi connectivity index (χ0) is 13.2. The zero-order valence-electron chi connectivity index (χ0n) is 12.3. The van der Waals surface area contributed by atoms with E-state index in [1.807, 2.05) is 14.0 Å². The molecule has 0 radical (unpaired) electrons. The van der Waals surface area contributed by atoms with Crippen LogP contribution in [-0.2, 0) is 4.74 Å². The summed E-state index contributed by atoms with van der Waals surface area (Å²) in [6, 6.07) is 0.462. The minimum absolute atomic E-state index is 0.365. The number of methoxy groups -OCH3 is 1. The van der Waals surface area contributed by atoms with Crippen LogP contribution in [0, 0.1) is 17.8 Å². The van der Waals surface area contributed by atoms with Crippen molar-refractivity contribution < 1.29 is 4.74 Å². The molecule has 2 heteroatoms. The lowest BCUT2D eigenvalue weighted by Gasteiger charge is -2.35. The number of hydrogen-bond donors (Lipinski definition) is 1. The molecule has 1 rings (SSSR count). The number of hydrogen-bond acceptors (Lipinski definition) is 2. The molecular formula is C16H29NO. The van der Waals surface area contributed by atoms with Crippen LogP contribution in [0.25, 0.3) is 0 Å². The molecule has 0 spiro atoms. The van der Waals surface area contributed by atoms with E-state index in [1.54, 1.807) is 0 Å². The van der Waals surface area contributed by atoms with E-state index >= 15 is 0 Å². The molecule has 2 unspecified atom stereocenters. The van der Waals surface area contributed by atoms with E-state index in [1.165, 1.54) is 32.1 Å². The molecule has 0 heterocycles. The third-order valence-corrected chi connectivity index (χ3v) is 4.01. The van der Waals surface area contributed by atoms with Gasteiger partial charge in [-0.25, -0.2) is 0 Å². The first kappa shape index (κ1) is 15.5. The molecule has 0 bridgehead atoms. The Morgan fingerprint density at radius 1 is 1.28 bits per heavy atom. The topological polar surface area (TPSA) is 21.3 Å². The Morgan fingerprint density at radius 3 is 2.56 bits per heavy atom. The first-order chi connectivity index (χ1) is 8.83. The van der Waals surface area contributed by atoms with E-state index in [9.17, 15) is 0 Å². The Kier molecular flexibility index (Phi) is 8.13. The second-order valence-electron chi connectivity index (χ2n) is 5.23. The fourth-order valence-electron chi connectivity index (χ4n) is 3.15. The first-order valence-electron chi connectivity index (χ1n) is 7.49. The lowest BCUT2D eigenvalue weighted by atomic mass is 9.81. The maximum Gasteiger partial charge on any atom is 0.0752 e. The van der Waals surface area contributed by atoms with E-state index in [4.69, 9.17) is 4.74 Å². The summed E-state index contributed by atoms with van der Waals surface area (Å²) < 4.78 is 5.82. The monoisotopic (exact) mass is 251 g/mol. The van der Waals surface area contributed by atoms with E-state index in [0.717, 1.165) is 25.3 Å². The molecule has 0 aromatic rings. The molecule has 0 aromatic carbocycles. The van der Waals surface area contributed by atoms with Gasteiger partial charge in [0.15, 0.2) is 0 Å². The number of rotatable bonds is 7. The highest BCUT2D eigenvalue weighted by atomic mass is 16.5. The molecule has 2 nitrogen and oxygen atoms in total. The van der Waals surface area contributed by atoms with Crippen LogP contribution < -0.4 is 5.32 Å². The second kappa shape index (κ2) is 9.42. The minimum atomic E-state index is 0.365. The molecule has 0 saturated heterocycles. The zero-order valence-corrected chi connectivity index (χ0v) is 12.3. The van der Waals surface area contributed by atoms with Gasteiger partial charge < -0.3 is 10.1 Å². The molecule has 104 valence electrons. The van der Waals surface area contributed by atoms with Crippen molar-refractivity contribution in [2.24, 2.45) is 5.92 Å². The number of likely N-dealkylation sites (N-methyl/N-ethyl adjacent to an activating group) is 1. The van der Waals surface area contributed by atoms with Gasteiger partial charge in [0, 0.05) is 19.6 Å². The summed E-state index contributed by atoms with van der Waals surface area (Å²) in [5, 5.41) is 3.60. The third kappa shape index (κ3) is 5.00. The molecule has 1 saturated carbocycles. The van der Waals surface area contributed by atoms with Crippen LogP contribution in [0.3, 0.4) is 0 Å². The van der Waals surface area contributed by atoms with Gasteiger partial charge in [0.25, 0.3) is 0 Å². The Morgan fingerprint density at radius 2 is 2.00 bits per heavy atom. The SMILES string of the molecule is CC#CCCC(NCC)C(OC)C1CCCCC1. The summed E-state index contributed by atoms with van der Waals surface area (Å²) in [5.74, 6) is 6.89. The van der Waals surface area contributed by atoms with Crippen molar-refractivity contribution >= 4 is 0 Å². The van der Waals surface area contributed by atoms with Gasteiger partial charge in [-0.3, -0.25) is 0 Å². The normalized spacial score (nSPS) is 19.9. The van der Waals surface area contributed by atoms with Gasteiger partial charge in [0.1, 0.15) is 0 Å². The van der Waals surface area contributed by atoms with E-state index in [2.05, 4.69) is 24.1 Å². The molecule has 1 fully saturated rings. The Bertz CT molecular complexity index is 260. The fourth-order valence-corrected chi connectivity index (χ4v) is 3.15. The quantitative estimate of drug-likeness (QED) is 0.701. The van der Waals surface area contributed by atoms with Gasteiger partial charge in [-0.15, -0.1) is 11.8 Å². The van der Waals surface area contributed by atoms with Crippen LogP contribution in [0.1, 0.15) is 58.8 Å². The van der Waals surface area contributed by atoms with Crippen LogP contribution in [-0.4, -0.2) is 25.8 Å². The Hall–Kier alpha value is -0.520. The Labute approximate surface area is 113 Å². The largest absolute Gasteiger partial charge is 0.380 e. The summed E-state index contributed by atoms with van der Waals surface area (Å²) in [7, 11) is 1.87. The summed E-state index contributed by atoms with van der Waals surface area (Å²) in [4.78, 5) is 0. The van der Waals surface area contributed by atoms with Gasteiger partial charge in [0.2, 0.25) is 0 Å². The highest BCUT2D eigenvalue weighted by molar-refractivity contribution is 4.97.